The Hall–Kier alpha value is -2.25. The lowest BCUT2D eigenvalue weighted by atomic mass is 10.3. The maximum absolute atomic E-state index is 12.1. The predicted molar refractivity (Wildman–Crippen MR) is 101 cm³/mol. The number of thiophene rings is 1. The van der Waals surface area contributed by atoms with Crippen LogP contribution >= 0.6 is 11.3 Å². The molecule has 0 fully saturated rings. The van der Waals surface area contributed by atoms with Crippen LogP contribution in [0, 0.1) is 0 Å². The molecule has 0 aliphatic heterocycles. The van der Waals surface area contributed by atoms with Crippen LogP contribution in [0.2, 0.25) is 0 Å². The zero-order valence-electron chi connectivity index (χ0n) is 14.6. The Morgan fingerprint density at radius 3 is 2.72 bits per heavy atom. The first-order valence-corrected chi connectivity index (χ1v) is 9.36. The second kappa shape index (κ2) is 8.22. The topological polar surface area (TPSA) is 56.0 Å². The van der Waals surface area contributed by atoms with Gasteiger partial charge in [0.2, 0.25) is 0 Å². The summed E-state index contributed by atoms with van der Waals surface area (Å²) in [7, 11) is 0. The van der Waals surface area contributed by atoms with Crippen LogP contribution in [0.15, 0.2) is 47.8 Å². The molecule has 3 rings (SSSR count). The highest BCUT2D eigenvalue weighted by atomic mass is 32.1. The van der Waals surface area contributed by atoms with Gasteiger partial charge in [-0.15, -0.1) is 11.3 Å². The smallest absolute Gasteiger partial charge is 0.266 e. The molecule has 0 unspecified atom stereocenters. The van der Waals surface area contributed by atoms with Gasteiger partial charge in [-0.3, -0.25) is 4.79 Å². The van der Waals surface area contributed by atoms with E-state index in [2.05, 4.69) is 41.0 Å². The van der Waals surface area contributed by atoms with Crippen molar-refractivity contribution in [2.75, 3.05) is 19.6 Å². The van der Waals surface area contributed by atoms with Gasteiger partial charge < -0.3 is 9.47 Å². The fraction of sp³-hybridized carbons (Fsp3) is 0.389. The molecule has 3 aromatic rings. The van der Waals surface area contributed by atoms with Crippen LogP contribution in [0.4, 0.5) is 0 Å². The number of rotatable bonds is 8. The standard InChI is InChI=1S/C18H23N5OS/c1-3-21(4-2)11-12-23-18(24)8-6-16(20-23)17-7-5-15(25-17)13-22-10-9-19-14-22/h5-10,14H,3-4,11-13H2,1-2H3. The van der Waals surface area contributed by atoms with Crippen LogP contribution < -0.4 is 5.56 Å². The van der Waals surface area contributed by atoms with Gasteiger partial charge in [0.25, 0.3) is 5.56 Å². The number of aromatic nitrogens is 4. The summed E-state index contributed by atoms with van der Waals surface area (Å²) in [6.07, 6.45) is 5.54. The van der Waals surface area contributed by atoms with Crippen molar-refractivity contribution in [2.45, 2.75) is 26.9 Å². The average molecular weight is 357 g/mol. The van der Waals surface area contributed by atoms with E-state index in [4.69, 9.17) is 0 Å². The minimum atomic E-state index is -0.0499. The summed E-state index contributed by atoms with van der Waals surface area (Å²) in [6, 6.07) is 7.59. The lowest BCUT2D eigenvalue weighted by Gasteiger charge is -2.18. The van der Waals surface area contributed by atoms with Crippen LogP contribution in [0.5, 0.6) is 0 Å². The minimum absolute atomic E-state index is 0.0499. The van der Waals surface area contributed by atoms with Crippen LogP contribution in [0.1, 0.15) is 18.7 Å². The summed E-state index contributed by atoms with van der Waals surface area (Å²) in [5.74, 6) is 0. The fourth-order valence-electron chi connectivity index (χ4n) is 2.68. The summed E-state index contributed by atoms with van der Waals surface area (Å²) in [4.78, 5) is 20.7. The zero-order chi connectivity index (χ0) is 17.6. The molecule has 0 spiro atoms. The van der Waals surface area contributed by atoms with E-state index in [0.717, 1.165) is 36.8 Å². The van der Waals surface area contributed by atoms with Crippen molar-refractivity contribution in [3.63, 3.8) is 0 Å². The second-order valence-electron chi connectivity index (χ2n) is 5.81. The van der Waals surface area contributed by atoms with Crippen LogP contribution in [-0.4, -0.2) is 43.9 Å². The molecule has 3 aromatic heterocycles. The van der Waals surface area contributed by atoms with Gasteiger partial charge in [-0.05, 0) is 31.3 Å². The van der Waals surface area contributed by atoms with Crippen molar-refractivity contribution >= 4 is 11.3 Å². The highest BCUT2D eigenvalue weighted by Gasteiger charge is 2.08. The third-order valence-corrected chi connectivity index (χ3v) is 5.29. The van der Waals surface area contributed by atoms with E-state index in [1.165, 1.54) is 4.88 Å². The molecule has 0 radical (unpaired) electrons. The molecule has 0 aliphatic carbocycles. The van der Waals surface area contributed by atoms with Gasteiger partial charge in [0.15, 0.2) is 0 Å². The van der Waals surface area contributed by atoms with Gasteiger partial charge in [-0.25, -0.2) is 9.67 Å². The first kappa shape index (κ1) is 17.6. The number of hydrogen-bond donors (Lipinski definition) is 0. The van der Waals surface area contributed by atoms with Crippen LogP contribution in [0.25, 0.3) is 10.6 Å². The zero-order valence-corrected chi connectivity index (χ0v) is 15.4. The molecule has 0 atom stereocenters. The van der Waals surface area contributed by atoms with Gasteiger partial charge in [0.05, 0.1) is 24.3 Å². The maximum atomic E-state index is 12.1. The Bertz CT molecular complexity index is 848. The van der Waals surface area contributed by atoms with E-state index in [1.807, 2.05) is 23.2 Å². The Morgan fingerprint density at radius 1 is 1.16 bits per heavy atom. The molecule has 0 saturated heterocycles. The number of hydrogen-bond acceptors (Lipinski definition) is 5. The Morgan fingerprint density at radius 2 is 2.00 bits per heavy atom. The Balaban J connectivity index is 1.75. The fourth-order valence-corrected chi connectivity index (χ4v) is 3.66. The molecule has 3 heterocycles. The molecule has 0 bridgehead atoms. The van der Waals surface area contributed by atoms with Crippen molar-refractivity contribution < 1.29 is 0 Å². The molecule has 7 heteroatoms. The first-order valence-electron chi connectivity index (χ1n) is 8.55. The van der Waals surface area contributed by atoms with Crippen LogP contribution in [0.3, 0.4) is 0 Å². The average Bonchev–Trinajstić information content (AvgIpc) is 3.30. The molecule has 6 nitrogen and oxygen atoms in total. The largest absolute Gasteiger partial charge is 0.332 e. The summed E-state index contributed by atoms with van der Waals surface area (Å²) in [5.41, 5.74) is 0.798. The molecule has 25 heavy (non-hydrogen) atoms. The first-order chi connectivity index (χ1) is 12.2. The number of nitrogens with zero attached hydrogens (tertiary/aromatic N) is 5. The lowest BCUT2D eigenvalue weighted by molar-refractivity contribution is 0.283. The van der Waals surface area contributed by atoms with Crippen molar-refractivity contribution in [1.29, 1.82) is 0 Å². The predicted octanol–water partition coefficient (Wildman–Crippen LogP) is 2.56. The molecule has 0 saturated carbocycles. The molecule has 0 amide bonds. The van der Waals surface area contributed by atoms with Gasteiger partial charge in [0, 0.05) is 29.9 Å². The quantitative estimate of drug-likeness (QED) is 0.622. The second-order valence-corrected chi connectivity index (χ2v) is 6.98. The van der Waals surface area contributed by atoms with E-state index in [1.54, 1.807) is 28.3 Å². The maximum Gasteiger partial charge on any atom is 0.266 e. The number of likely N-dealkylation sites (N-methyl/N-ethyl adjacent to an activating group) is 1. The molecular weight excluding hydrogens is 334 g/mol. The van der Waals surface area contributed by atoms with E-state index in [9.17, 15) is 4.79 Å². The van der Waals surface area contributed by atoms with Crippen molar-refractivity contribution in [3.05, 3.63) is 58.2 Å². The number of imidazole rings is 1. The highest BCUT2D eigenvalue weighted by Crippen LogP contribution is 2.26. The highest BCUT2D eigenvalue weighted by molar-refractivity contribution is 7.15. The summed E-state index contributed by atoms with van der Waals surface area (Å²) in [5, 5.41) is 4.56. The molecule has 0 N–H and O–H groups in total. The van der Waals surface area contributed by atoms with E-state index in [0.29, 0.717) is 6.54 Å². The van der Waals surface area contributed by atoms with Gasteiger partial charge in [-0.1, -0.05) is 13.8 Å². The van der Waals surface area contributed by atoms with Crippen LogP contribution in [-0.2, 0) is 13.1 Å². The van der Waals surface area contributed by atoms with E-state index >= 15 is 0 Å². The third-order valence-electron chi connectivity index (χ3n) is 4.20. The summed E-state index contributed by atoms with van der Waals surface area (Å²) in [6.45, 7) is 8.46. The Kier molecular flexibility index (Phi) is 5.78. The summed E-state index contributed by atoms with van der Waals surface area (Å²) < 4.78 is 3.61. The van der Waals surface area contributed by atoms with Gasteiger partial charge in [0.1, 0.15) is 5.69 Å². The van der Waals surface area contributed by atoms with Gasteiger partial charge in [-0.2, -0.15) is 5.10 Å². The minimum Gasteiger partial charge on any atom is -0.332 e. The molecule has 0 aromatic carbocycles. The van der Waals surface area contributed by atoms with Crippen molar-refractivity contribution in [3.8, 4) is 10.6 Å². The molecule has 0 aliphatic rings. The van der Waals surface area contributed by atoms with Crippen molar-refractivity contribution in [1.82, 2.24) is 24.2 Å². The lowest BCUT2D eigenvalue weighted by Crippen LogP contribution is -2.31. The van der Waals surface area contributed by atoms with E-state index in [-0.39, 0.29) is 5.56 Å². The molecular formula is C18H23N5OS. The van der Waals surface area contributed by atoms with Crippen molar-refractivity contribution in [2.24, 2.45) is 0 Å². The van der Waals surface area contributed by atoms with E-state index < -0.39 is 0 Å². The summed E-state index contributed by atoms with van der Waals surface area (Å²) >= 11 is 1.70. The normalized spacial score (nSPS) is 11.3. The van der Waals surface area contributed by atoms with Gasteiger partial charge >= 0.3 is 0 Å². The Labute approximate surface area is 151 Å². The molecule has 132 valence electrons. The monoisotopic (exact) mass is 357 g/mol. The third kappa shape index (κ3) is 4.43. The SMILES string of the molecule is CCN(CC)CCn1nc(-c2ccc(Cn3ccnc3)s2)ccc1=O.